The maximum atomic E-state index is 5.18. The Hall–Kier alpha value is -1.84. The van der Waals surface area contributed by atoms with Crippen LogP contribution in [-0.2, 0) is 0 Å². The molecule has 0 N–H and O–H groups in total. The van der Waals surface area contributed by atoms with E-state index >= 15 is 0 Å². The minimum atomic E-state index is 0.486. The van der Waals surface area contributed by atoms with E-state index in [1.54, 1.807) is 14.0 Å². The number of aryl methyl sites for hydroxylation is 1. The molecule has 0 fully saturated rings. The molecule has 4 heteroatoms. The smallest absolute Gasteiger partial charge is 0.261 e. The fourth-order valence-corrected chi connectivity index (χ4v) is 1.23. The summed E-state index contributed by atoms with van der Waals surface area (Å²) < 4.78 is 10.2. The molecule has 72 valence electrons. The summed E-state index contributed by atoms with van der Waals surface area (Å²) in [7, 11) is 1.61. The first kappa shape index (κ1) is 8.74. The second kappa shape index (κ2) is 3.49. The second-order valence-electron chi connectivity index (χ2n) is 2.85. The van der Waals surface area contributed by atoms with Gasteiger partial charge in [0.05, 0.1) is 12.7 Å². The maximum Gasteiger partial charge on any atom is 0.261 e. The van der Waals surface area contributed by atoms with Crippen LogP contribution < -0.4 is 4.74 Å². The molecule has 4 nitrogen and oxygen atoms in total. The summed E-state index contributed by atoms with van der Waals surface area (Å²) >= 11 is 0. The first-order chi connectivity index (χ1) is 6.81. The third-order valence-corrected chi connectivity index (χ3v) is 1.86. The Morgan fingerprint density at radius 2 is 2.07 bits per heavy atom. The van der Waals surface area contributed by atoms with Crippen LogP contribution in [0.4, 0.5) is 0 Å². The number of aromatic nitrogens is 2. The third-order valence-electron chi connectivity index (χ3n) is 1.86. The van der Waals surface area contributed by atoms with Crippen LogP contribution in [0.2, 0.25) is 0 Å². The molecule has 0 aliphatic heterocycles. The molecule has 2 rings (SSSR count). The molecule has 1 heterocycles. The largest absolute Gasteiger partial charge is 0.496 e. The van der Waals surface area contributed by atoms with Gasteiger partial charge in [-0.3, -0.25) is 0 Å². The molecule has 0 atom stereocenters. The molecule has 0 aliphatic rings. The lowest BCUT2D eigenvalue weighted by Crippen LogP contribution is -1.87. The van der Waals surface area contributed by atoms with Gasteiger partial charge in [-0.15, -0.1) is 0 Å². The van der Waals surface area contributed by atoms with Crippen LogP contribution in [0.5, 0.6) is 5.75 Å². The molecule has 0 saturated carbocycles. The number of nitrogens with zero attached hydrogens (tertiary/aromatic N) is 2. The van der Waals surface area contributed by atoms with Crippen molar-refractivity contribution in [1.29, 1.82) is 0 Å². The fraction of sp³-hybridized carbons (Fsp3) is 0.200. The first-order valence-corrected chi connectivity index (χ1v) is 4.25. The molecular weight excluding hydrogens is 180 g/mol. The summed E-state index contributed by atoms with van der Waals surface area (Å²) in [6.45, 7) is 1.78. The minimum Gasteiger partial charge on any atom is -0.496 e. The summed E-state index contributed by atoms with van der Waals surface area (Å²) in [6.07, 6.45) is 0. The lowest BCUT2D eigenvalue weighted by molar-refractivity contribution is 0.403. The van der Waals surface area contributed by atoms with Gasteiger partial charge in [-0.1, -0.05) is 17.3 Å². The van der Waals surface area contributed by atoms with Crippen LogP contribution >= 0.6 is 0 Å². The molecule has 1 aromatic heterocycles. The van der Waals surface area contributed by atoms with Crippen LogP contribution in [-0.4, -0.2) is 17.3 Å². The molecule has 0 bridgehead atoms. The second-order valence-corrected chi connectivity index (χ2v) is 2.85. The van der Waals surface area contributed by atoms with Crippen molar-refractivity contribution in [3.05, 3.63) is 30.1 Å². The molecular formula is C10H10N2O2. The summed E-state index contributed by atoms with van der Waals surface area (Å²) in [5.41, 5.74) is 0.815. The van der Waals surface area contributed by atoms with Crippen molar-refractivity contribution in [1.82, 2.24) is 10.1 Å². The highest BCUT2D eigenvalue weighted by atomic mass is 16.5. The van der Waals surface area contributed by atoms with Crippen LogP contribution in [0.1, 0.15) is 5.82 Å². The van der Waals surface area contributed by atoms with Crippen molar-refractivity contribution in [3.63, 3.8) is 0 Å². The van der Waals surface area contributed by atoms with E-state index in [1.165, 1.54) is 0 Å². The number of benzene rings is 1. The van der Waals surface area contributed by atoms with Gasteiger partial charge in [0.1, 0.15) is 5.75 Å². The number of hydrogen-bond acceptors (Lipinski definition) is 4. The SMILES string of the molecule is COc1ccccc1-c1nc(C)no1. The zero-order valence-corrected chi connectivity index (χ0v) is 8.02. The molecule has 0 aliphatic carbocycles. The molecule has 0 radical (unpaired) electrons. The van der Waals surface area contributed by atoms with E-state index in [9.17, 15) is 0 Å². The maximum absolute atomic E-state index is 5.18. The van der Waals surface area contributed by atoms with Crippen molar-refractivity contribution < 1.29 is 9.26 Å². The number of ether oxygens (including phenoxy) is 1. The molecule has 14 heavy (non-hydrogen) atoms. The minimum absolute atomic E-state index is 0.486. The average Bonchev–Trinajstić information content (AvgIpc) is 2.65. The van der Waals surface area contributed by atoms with Crippen molar-refractivity contribution in [2.75, 3.05) is 7.11 Å². The van der Waals surface area contributed by atoms with Gasteiger partial charge in [0, 0.05) is 0 Å². The monoisotopic (exact) mass is 190 g/mol. The van der Waals surface area contributed by atoms with Gasteiger partial charge in [-0.25, -0.2) is 0 Å². The summed E-state index contributed by atoms with van der Waals surface area (Å²) in [5, 5.41) is 3.73. The predicted molar refractivity (Wildman–Crippen MR) is 51.0 cm³/mol. The van der Waals surface area contributed by atoms with Crippen LogP contribution in [0, 0.1) is 6.92 Å². The van der Waals surface area contributed by atoms with Gasteiger partial charge >= 0.3 is 0 Å². The highest BCUT2D eigenvalue weighted by molar-refractivity contribution is 5.62. The molecule has 2 aromatic rings. The Labute approximate surface area is 81.5 Å². The molecule has 1 aromatic carbocycles. The van der Waals surface area contributed by atoms with Gasteiger partial charge < -0.3 is 9.26 Å². The molecule has 0 unspecified atom stereocenters. The van der Waals surface area contributed by atoms with Crippen molar-refractivity contribution >= 4 is 0 Å². The zero-order valence-electron chi connectivity index (χ0n) is 8.02. The average molecular weight is 190 g/mol. The number of rotatable bonds is 2. The topological polar surface area (TPSA) is 48.2 Å². The Morgan fingerprint density at radius 1 is 1.29 bits per heavy atom. The standard InChI is InChI=1S/C10H10N2O2/c1-7-11-10(14-12-7)8-5-3-4-6-9(8)13-2/h3-6H,1-2H3. The zero-order chi connectivity index (χ0) is 9.97. The summed E-state index contributed by atoms with van der Waals surface area (Å²) in [5.74, 6) is 1.84. The first-order valence-electron chi connectivity index (χ1n) is 4.25. The normalized spacial score (nSPS) is 10.1. The summed E-state index contributed by atoms with van der Waals surface area (Å²) in [6, 6.07) is 7.53. The van der Waals surface area contributed by atoms with Crippen LogP contribution in [0.3, 0.4) is 0 Å². The van der Waals surface area contributed by atoms with Crippen molar-refractivity contribution in [2.24, 2.45) is 0 Å². The van der Waals surface area contributed by atoms with E-state index in [-0.39, 0.29) is 0 Å². The molecule has 0 saturated heterocycles. The van der Waals surface area contributed by atoms with Crippen LogP contribution in [0.15, 0.2) is 28.8 Å². The van der Waals surface area contributed by atoms with E-state index in [0.29, 0.717) is 11.7 Å². The molecule has 0 spiro atoms. The molecule has 0 amide bonds. The Morgan fingerprint density at radius 3 is 2.71 bits per heavy atom. The highest BCUT2D eigenvalue weighted by Gasteiger charge is 2.10. The Balaban J connectivity index is 2.50. The number of methoxy groups -OCH3 is 1. The number of para-hydroxylation sites is 1. The van der Waals surface area contributed by atoms with Crippen molar-refractivity contribution in [3.8, 4) is 17.2 Å². The van der Waals surface area contributed by atoms with E-state index in [4.69, 9.17) is 9.26 Å². The Kier molecular flexibility index (Phi) is 2.18. The number of hydrogen-bond donors (Lipinski definition) is 0. The quantitative estimate of drug-likeness (QED) is 0.727. The lowest BCUT2D eigenvalue weighted by atomic mass is 10.2. The highest BCUT2D eigenvalue weighted by Crippen LogP contribution is 2.27. The van der Waals surface area contributed by atoms with Gasteiger partial charge in [0.25, 0.3) is 5.89 Å². The van der Waals surface area contributed by atoms with Gasteiger partial charge in [0.15, 0.2) is 5.82 Å². The fourth-order valence-electron chi connectivity index (χ4n) is 1.23. The lowest BCUT2D eigenvalue weighted by Gasteiger charge is -2.02. The van der Waals surface area contributed by atoms with Crippen molar-refractivity contribution in [2.45, 2.75) is 6.92 Å². The van der Waals surface area contributed by atoms with E-state index < -0.39 is 0 Å². The van der Waals surface area contributed by atoms with E-state index in [0.717, 1.165) is 11.3 Å². The third kappa shape index (κ3) is 1.46. The predicted octanol–water partition coefficient (Wildman–Crippen LogP) is 2.05. The van der Waals surface area contributed by atoms with Gasteiger partial charge in [-0.2, -0.15) is 4.98 Å². The Bertz CT molecular complexity index is 437. The van der Waals surface area contributed by atoms with Crippen LogP contribution in [0.25, 0.3) is 11.5 Å². The van der Waals surface area contributed by atoms with E-state index in [1.807, 2.05) is 24.3 Å². The van der Waals surface area contributed by atoms with E-state index in [2.05, 4.69) is 10.1 Å². The van der Waals surface area contributed by atoms with Gasteiger partial charge in [-0.05, 0) is 19.1 Å². The summed E-state index contributed by atoms with van der Waals surface area (Å²) in [4.78, 5) is 4.13. The van der Waals surface area contributed by atoms with Gasteiger partial charge in [0.2, 0.25) is 0 Å².